The van der Waals surface area contributed by atoms with Crippen molar-refractivity contribution in [3.63, 3.8) is 0 Å². The molecule has 2 fully saturated rings. The molecule has 4 nitrogen and oxygen atoms in total. The minimum atomic E-state index is -0.484. The molecule has 116 valence electrons. The summed E-state index contributed by atoms with van der Waals surface area (Å²) in [6.45, 7) is 6.78. The summed E-state index contributed by atoms with van der Waals surface area (Å²) in [5, 5.41) is 0. The van der Waals surface area contributed by atoms with Crippen molar-refractivity contribution in [2.75, 3.05) is 13.2 Å². The number of allylic oxidation sites excluding steroid dienone is 2. The molecule has 0 aromatic carbocycles. The molecule has 2 atom stereocenters. The monoisotopic (exact) mass is 292 g/mol. The van der Waals surface area contributed by atoms with E-state index in [1.165, 1.54) is 24.0 Å². The van der Waals surface area contributed by atoms with Crippen LogP contribution >= 0.6 is 0 Å². The Morgan fingerprint density at radius 2 is 2.00 bits per heavy atom. The largest absolute Gasteiger partial charge is 0.492 e. The topological polar surface area (TPSA) is 44.8 Å². The molecule has 1 saturated heterocycles. The number of carbonyl (C=O) groups is 1. The third kappa shape index (κ3) is 3.00. The number of hydrogen-bond donors (Lipinski definition) is 0. The zero-order valence-corrected chi connectivity index (χ0v) is 13.1. The van der Waals surface area contributed by atoms with E-state index in [2.05, 4.69) is 6.08 Å². The second-order valence-electron chi connectivity index (χ2n) is 6.94. The number of esters is 1. The fourth-order valence-corrected chi connectivity index (χ4v) is 3.27. The van der Waals surface area contributed by atoms with E-state index in [1.807, 2.05) is 20.8 Å². The Morgan fingerprint density at radius 3 is 2.76 bits per heavy atom. The molecule has 0 N–H and O–H groups in total. The molecule has 0 radical (unpaired) electrons. The summed E-state index contributed by atoms with van der Waals surface area (Å²) < 4.78 is 17.3. The van der Waals surface area contributed by atoms with E-state index in [0.29, 0.717) is 13.2 Å². The van der Waals surface area contributed by atoms with Gasteiger partial charge in [0.15, 0.2) is 0 Å². The summed E-state index contributed by atoms with van der Waals surface area (Å²) >= 11 is 0. The first-order valence-corrected chi connectivity index (χ1v) is 7.87. The normalized spacial score (nSPS) is 29.0. The first-order valence-electron chi connectivity index (χ1n) is 7.87. The quantitative estimate of drug-likeness (QED) is 0.697. The lowest BCUT2D eigenvalue weighted by Crippen LogP contribution is -2.42. The average molecular weight is 292 g/mol. The van der Waals surface area contributed by atoms with Crippen LogP contribution in [0.1, 0.15) is 46.5 Å². The van der Waals surface area contributed by atoms with Gasteiger partial charge in [0.1, 0.15) is 30.0 Å². The predicted molar refractivity (Wildman–Crippen MR) is 78.6 cm³/mol. The molecule has 0 aromatic heterocycles. The van der Waals surface area contributed by atoms with Gasteiger partial charge in [-0.2, -0.15) is 0 Å². The molecule has 1 aliphatic heterocycles. The number of carbonyl (C=O) groups excluding carboxylic acids is 1. The summed E-state index contributed by atoms with van der Waals surface area (Å²) in [5.41, 5.74) is 2.04. The Bertz CT molecular complexity index is 495. The zero-order valence-electron chi connectivity index (χ0n) is 13.1. The SMILES string of the molecule is CC(C)(C)OC(=O)C1C=C2CCCCC2=C2OCCOC21. The van der Waals surface area contributed by atoms with Crippen LogP contribution in [-0.2, 0) is 19.0 Å². The Kier molecular flexibility index (Phi) is 3.82. The van der Waals surface area contributed by atoms with Crippen molar-refractivity contribution in [2.24, 2.45) is 5.92 Å². The van der Waals surface area contributed by atoms with Crippen molar-refractivity contribution in [1.82, 2.24) is 0 Å². The van der Waals surface area contributed by atoms with Gasteiger partial charge in [-0.25, -0.2) is 0 Å². The fourth-order valence-electron chi connectivity index (χ4n) is 3.27. The lowest BCUT2D eigenvalue weighted by atomic mass is 9.79. The first-order chi connectivity index (χ1) is 9.96. The van der Waals surface area contributed by atoms with E-state index in [-0.39, 0.29) is 18.0 Å². The lowest BCUT2D eigenvalue weighted by molar-refractivity contribution is -0.165. The second-order valence-corrected chi connectivity index (χ2v) is 6.94. The van der Waals surface area contributed by atoms with Crippen molar-refractivity contribution >= 4 is 5.97 Å². The predicted octanol–water partition coefficient (Wildman–Crippen LogP) is 3.13. The summed E-state index contributed by atoms with van der Waals surface area (Å²) in [7, 11) is 0. The summed E-state index contributed by atoms with van der Waals surface area (Å²) in [5.74, 6) is 0.290. The molecule has 0 amide bonds. The zero-order chi connectivity index (χ0) is 15.0. The highest BCUT2D eigenvalue weighted by Gasteiger charge is 2.41. The van der Waals surface area contributed by atoms with Crippen LogP contribution in [0.25, 0.3) is 0 Å². The van der Waals surface area contributed by atoms with Crippen LogP contribution in [0.2, 0.25) is 0 Å². The van der Waals surface area contributed by atoms with E-state index in [4.69, 9.17) is 14.2 Å². The van der Waals surface area contributed by atoms with E-state index in [9.17, 15) is 4.79 Å². The molecule has 0 bridgehead atoms. The van der Waals surface area contributed by atoms with Crippen LogP contribution < -0.4 is 0 Å². The molecular formula is C17H24O4. The summed E-state index contributed by atoms with van der Waals surface area (Å²) in [6.07, 6.45) is 6.17. The van der Waals surface area contributed by atoms with Gasteiger partial charge in [0, 0.05) is 0 Å². The van der Waals surface area contributed by atoms with Gasteiger partial charge < -0.3 is 14.2 Å². The van der Waals surface area contributed by atoms with Crippen LogP contribution in [0.4, 0.5) is 0 Å². The van der Waals surface area contributed by atoms with Crippen LogP contribution in [0.5, 0.6) is 0 Å². The fraction of sp³-hybridized carbons (Fsp3) is 0.706. The summed E-state index contributed by atoms with van der Waals surface area (Å²) in [6, 6.07) is 0. The molecule has 2 unspecified atom stereocenters. The van der Waals surface area contributed by atoms with Crippen molar-refractivity contribution in [2.45, 2.75) is 58.2 Å². The van der Waals surface area contributed by atoms with Crippen molar-refractivity contribution in [3.8, 4) is 0 Å². The number of fused-ring (bicyclic) bond motifs is 2. The maximum Gasteiger partial charge on any atom is 0.316 e. The van der Waals surface area contributed by atoms with Crippen LogP contribution in [0.3, 0.4) is 0 Å². The highest BCUT2D eigenvalue weighted by Crippen LogP contribution is 2.41. The van der Waals surface area contributed by atoms with Gasteiger partial charge in [-0.05, 0) is 57.6 Å². The van der Waals surface area contributed by atoms with Gasteiger partial charge in [-0.1, -0.05) is 6.08 Å². The molecule has 1 saturated carbocycles. The maximum absolute atomic E-state index is 12.5. The average Bonchev–Trinajstić information content (AvgIpc) is 2.44. The van der Waals surface area contributed by atoms with Crippen LogP contribution in [0, 0.1) is 5.92 Å². The van der Waals surface area contributed by atoms with Crippen molar-refractivity contribution < 1.29 is 19.0 Å². The van der Waals surface area contributed by atoms with E-state index >= 15 is 0 Å². The maximum atomic E-state index is 12.5. The molecule has 1 heterocycles. The van der Waals surface area contributed by atoms with Gasteiger partial charge in [-0.15, -0.1) is 0 Å². The minimum absolute atomic E-state index is 0.215. The highest BCUT2D eigenvalue weighted by atomic mass is 16.6. The van der Waals surface area contributed by atoms with E-state index < -0.39 is 5.60 Å². The number of hydrogen-bond acceptors (Lipinski definition) is 4. The van der Waals surface area contributed by atoms with Gasteiger partial charge in [0.25, 0.3) is 0 Å². The van der Waals surface area contributed by atoms with Gasteiger partial charge >= 0.3 is 5.97 Å². The first kappa shape index (κ1) is 14.6. The Balaban J connectivity index is 1.89. The minimum Gasteiger partial charge on any atom is -0.492 e. The number of rotatable bonds is 1. The molecule has 21 heavy (non-hydrogen) atoms. The Morgan fingerprint density at radius 1 is 1.24 bits per heavy atom. The van der Waals surface area contributed by atoms with Crippen molar-refractivity contribution in [3.05, 3.63) is 23.0 Å². The molecule has 3 aliphatic rings. The van der Waals surface area contributed by atoms with Gasteiger partial charge in [-0.3, -0.25) is 4.79 Å². The van der Waals surface area contributed by atoms with E-state index in [1.54, 1.807) is 0 Å². The molecule has 3 rings (SSSR count). The molecule has 0 aromatic rings. The van der Waals surface area contributed by atoms with Crippen LogP contribution in [-0.4, -0.2) is 30.9 Å². The van der Waals surface area contributed by atoms with Crippen LogP contribution in [0.15, 0.2) is 23.0 Å². The van der Waals surface area contributed by atoms with Crippen molar-refractivity contribution in [1.29, 1.82) is 0 Å². The van der Waals surface area contributed by atoms with Gasteiger partial charge in [0.05, 0.1) is 6.61 Å². The third-order valence-corrected chi connectivity index (χ3v) is 4.09. The lowest BCUT2D eigenvalue weighted by Gasteiger charge is -2.38. The standard InChI is InChI=1S/C17H24O4/c1-17(2,3)21-16(18)13-10-11-6-4-5-7-12(11)14-15(13)20-9-8-19-14/h10,13,15H,4-9H2,1-3H3. The number of ether oxygens (including phenoxy) is 3. The molecule has 0 spiro atoms. The highest BCUT2D eigenvalue weighted by molar-refractivity contribution is 5.77. The molecule has 2 aliphatic carbocycles. The second kappa shape index (κ2) is 5.48. The van der Waals surface area contributed by atoms with E-state index in [0.717, 1.165) is 18.6 Å². The summed E-state index contributed by atoms with van der Waals surface area (Å²) in [4.78, 5) is 12.5. The Labute approximate surface area is 126 Å². The molecular weight excluding hydrogens is 268 g/mol. The smallest absolute Gasteiger partial charge is 0.316 e. The molecule has 4 heteroatoms. The third-order valence-electron chi connectivity index (χ3n) is 4.09. The Hall–Kier alpha value is -1.29. The van der Waals surface area contributed by atoms with Gasteiger partial charge in [0.2, 0.25) is 0 Å².